The molecule has 0 bridgehead atoms. The maximum absolute atomic E-state index is 13.0. The normalized spacial score (nSPS) is 22.1. The second-order valence-electron chi connectivity index (χ2n) is 4.13. The molecule has 0 aromatic carbocycles. The van der Waals surface area contributed by atoms with Gasteiger partial charge < -0.3 is 4.98 Å². The summed E-state index contributed by atoms with van der Waals surface area (Å²) in [5, 5.41) is 0. The summed E-state index contributed by atoms with van der Waals surface area (Å²) < 4.78 is 25.9. The van der Waals surface area contributed by atoms with Crippen LogP contribution in [0.4, 0.5) is 8.78 Å². The Bertz CT molecular complexity index is 338. The molecule has 2 rings (SSSR count). The highest BCUT2D eigenvalue weighted by Crippen LogP contribution is 2.33. The van der Waals surface area contributed by atoms with Crippen LogP contribution in [0.3, 0.4) is 0 Å². The highest BCUT2D eigenvalue weighted by molar-refractivity contribution is 5.22. The van der Waals surface area contributed by atoms with Crippen molar-refractivity contribution in [2.75, 3.05) is 0 Å². The number of aromatic nitrogens is 2. The number of hydrogen-bond acceptors (Lipinski definition) is 1. The van der Waals surface area contributed by atoms with E-state index in [1.54, 1.807) is 0 Å². The Hall–Kier alpha value is -0.930. The molecular formula is C10H14F2N2. The van der Waals surface area contributed by atoms with Crippen LogP contribution >= 0.6 is 0 Å². The first-order valence-electron chi connectivity index (χ1n) is 4.95. The average Bonchev–Trinajstić information content (AvgIpc) is 2.48. The van der Waals surface area contributed by atoms with E-state index in [1.165, 1.54) is 0 Å². The quantitative estimate of drug-likeness (QED) is 0.741. The Balaban J connectivity index is 2.40. The minimum Gasteiger partial charge on any atom is -0.341 e. The van der Waals surface area contributed by atoms with Crippen molar-refractivity contribution in [2.24, 2.45) is 0 Å². The van der Waals surface area contributed by atoms with Gasteiger partial charge in [0.2, 0.25) is 0 Å². The number of alkyl halides is 2. The molecule has 1 aliphatic carbocycles. The molecule has 1 N–H and O–H groups in total. The molecule has 1 unspecified atom stereocenters. The molecule has 1 heterocycles. The zero-order chi connectivity index (χ0) is 10.3. The average molecular weight is 200 g/mol. The summed E-state index contributed by atoms with van der Waals surface area (Å²) >= 11 is 0. The summed E-state index contributed by atoms with van der Waals surface area (Å²) in [4.78, 5) is 6.74. The van der Waals surface area contributed by atoms with Crippen LogP contribution in [-0.2, 0) is 12.3 Å². The molecule has 1 aliphatic rings. The fourth-order valence-electron chi connectivity index (χ4n) is 1.95. The van der Waals surface area contributed by atoms with Crippen LogP contribution in [0.15, 0.2) is 0 Å². The standard InChI is InChI=1S/C10H14F2N2/c1-6-4-3-5-7-8(6)14-9(13-7)10(2,11)12/h6H,3-5H2,1-2H3,(H,13,14). The van der Waals surface area contributed by atoms with E-state index in [0.717, 1.165) is 37.6 Å². The van der Waals surface area contributed by atoms with Gasteiger partial charge >= 0.3 is 5.92 Å². The predicted molar refractivity (Wildman–Crippen MR) is 49.5 cm³/mol. The molecule has 0 radical (unpaired) electrons. The maximum atomic E-state index is 13.0. The third kappa shape index (κ3) is 1.53. The molecule has 0 amide bonds. The largest absolute Gasteiger partial charge is 0.341 e. The Labute approximate surface area is 81.7 Å². The molecule has 2 nitrogen and oxygen atoms in total. The number of aromatic amines is 1. The van der Waals surface area contributed by atoms with E-state index in [0.29, 0.717) is 5.92 Å². The Kier molecular flexibility index (Phi) is 2.09. The van der Waals surface area contributed by atoms with Crippen LogP contribution in [0.25, 0.3) is 0 Å². The lowest BCUT2D eigenvalue weighted by Gasteiger charge is -2.15. The zero-order valence-electron chi connectivity index (χ0n) is 8.40. The molecule has 0 saturated carbocycles. The van der Waals surface area contributed by atoms with Crippen molar-refractivity contribution in [1.29, 1.82) is 0 Å². The molecule has 78 valence electrons. The van der Waals surface area contributed by atoms with Crippen LogP contribution in [0.2, 0.25) is 0 Å². The molecule has 0 spiro atoms. The smallest absolute Gasteiger partial charge is 0.301 e. The van der Waals surface area contributed by atoms with Gasteiger partial charge in [-0.15, -0.1) is 0 Å². The SMILES string of the molecule is CC1CCCc2[nH]c(C(C)(F)F)nc21. The minimum atomic E-state index is -2.85. The lowest BCUT2D eigenvalue weighted by molar-refractivity contribution is 0.00839. The fourth-order valence-corrected chi connectivity index (χ4v) is 1.95. The Morgan fingerprint density at radius 2 is 2.21 bits per heavy atom. The molecule has 1 aromatic rings. The number of halogens is 2. The van der Waals surface area contributed by atoms with Crippen molar-refractivity contribution in [1.82, 2.24) is 9.97 Å². The maximum Gasteiger partial charge on any atom is 0.301 e. The summed E-state index contributed by atoms with van der Waals surface area (Å²) in [6, 6.07) is 0. The van der Waals surface area contributed by atoms with Crippen LogP contribution in [0.1, 0.15) is 49.8 Å². The number of imidazole rings is 1. The molecule has 1 aromatic heterocycles. The van der Waals surface area contributed by atoms with Crippen LogP contribution < -0.4 is 0 Å². The fraction of sp³-hybridized carbons (Fsp3) is 0.700. The van der Waals surface area contributed by atoms with Crippen LogP contribution in [0, 0.1) is 0 Å². The van der Waals surface area contributed by atoms with Crippen LogP contribution in [0.5, 0.6) is 0 Å². The Morgan fingerprint density at radius 3 is 2.79 bits per heavy atom. The third-order valence-corrected chi connectivity index (χ3v) is 2.76. The van der Waals surface area contributed by atoms with Crippen LogP contribution in [-0.4, -0.2) is 9.97 Å². The van der Waals surface area contributed by atoms with E-state index in [9.17, 15) is 8.78 Å². The molecular weight excluding hydrogens is 186 g/mol. The second-order valence-corrected chi connectivity index (χ2v) is 4.13. The van der Waals surface area contributed by atoms with Gasteiger partial charge in [0.05, 0.1) is 5.69 Å². The van der Waals surface area contributed by atoms with Crippen molar-refractivity contribution < 1.29 is 8.78 Å². The van der Waals surface area contributed by atoms with Crippen molar-refractivity contribution in [3.63, 3.8) is 0 Å². The van der Waals surface area contributed by atoms with E-state index in [-0.39, 0.29) is 5.82 Å². The summed E-state index contributed by atoms with van der Waals surface area (Å²) in [5.74, 6) is -2.72. The summed E-state index contributed by atoms with van der Waals surface area (Å²) in [6.45, 7) is 2.92. The predicted octanol–water partition coefficient (Wildman–Crippen LogP) is 2.96. The molecule has 0 aliphatic heterocycles. The second kappa shape index (κ2) is 3.04. The van der Waals surface area contributed by atoms with Gasteiger partial charge in [0.25, 0.3) is 0 Å². The van der Waals surface area contributed by atoms with Crippen molar-refractivity contribution >= 4 is 0 Å². The van der Waals surface area contributed by atoms with E-state index in [1.807, 2.05) is 6.92 Å². The molecule has 0 fully saturated rings. The third-order valence-electron chi connectivity index (χ3n) is 2.76. The highest BCUT2D eigenvalue weighted by Gasteiger charge is 2.31. The van der Waals surface area contributed by atoms with Gasteiger partial charge in [-0.3, -0.25) is 0 Å². The minimum absolute atomic E-state index is 0.184. The zero-order valence-corrected chi connectivity index (χ0v) is 8.40. The van der Waals surface area contributed by atoms with Gasteiger partial charge in [-0.05, 0) is 19.3 Å². The molecule has 14 heavy (non-hydrogen) atoms. The first kappa shape index (κ1) is 9.62. The van der Waals surface area contributed by atoms with Crippen molar-refractivity contribution in [3.05, 3.63) is 17.2 Å². The summed E-state index contributed by atoms with van der Waals surface area (Å²) in [7, 11) is 0. The number of nitrogens with zero attached hydrogens (tertiary/aromatic N) is 1. The van der Waals surface area contributed by atoms with Crippen molar-refractivity contribution in [2.45, 2.75) is 45.0 Å². The highest BCUT2D eigenvalue weighted by atomic mass is 19.3. The van der Waals surface area contributed by atoms with Gasteiger partial charge in [-0.2, -0.15) is 8.78 Å². The van der Waals surface area contributed by atoms with Gasteiger partial charge in [0.15, 0.2) is 5.82 Å². The van der Waals surface area contributed by atoms with E-state index < -0.39 is 5.92 Å². The number of nitrogens with one attached hydrogen (secondary N) is 1. The number of fused-ring (bicyclic) bond motifs is 1. The Morgan fingerprint density at radius 1 is 1.50 bits per heavy atom. The molecule has 1 atom stereocenters. The van der Waals surface area contributed by atoms with E-state index in [4.69, 9.17) is 0 Å². The van der Waals surface area contributed by atoms with E-state index >= 15 is 0 Å². The van der Waals surface area contributed by atoms with E-state index in [2.05, 4.69) is 9.97 Å². The topological polar surface area (TPSA) is 28.7 Å². The van der Waals surface area contributed by atoms with Gasteiger partial charge in [0, 0.05) is 18.5 Å². The number of aryl methyl sites for hydroxylation is 1. The first-order valence-corrected chi connectivity index (χ1v) is 4.95. The van der Waals surface area contributed by atoms with Gasteiger partial charge in [0.1, 0.15) is 0 Å². The van der Waals surface area contributed by atoms with Gasteiger partial charge in [-0.25, -0.2) is 4.98 Å². The number of rotatable bonds is 1. The lowest BCUT2D eigenvalue weighted by Crippen LogP contribution is -2.09. The molecule has 0 saturated heterocycles. The first-order chi connectivity index (χ1) is 6.48. The van der Waals surface area contributed by atoms with Crippen molar-refractivity contribution in [3.8, 4) is 0 Å². The summed E-state index contributed by atoms with van der Waals surface area (Å²) in [5.41, 5.74) is 1.74. The monoisotopic (exact) mass is 200 g/mol. The van der Waals surface area contributed by atoms with Gasteiger partial charge in [-0.1, -0.05) is 6.92 Å². The lowest BCUT2D eigenvalue weighted by atomic mass is 9.92. The number of hydrogen-bond donors (Lipinski definition) is 1. The number of H-pyrrole nitrogens is 1. The molecule has 4 heteroatoms. The summed E-state index contributed by atoms with van der Waals surface area (Å²) in [6.07, 6.45) is 2.96.